The molecule has 0 unspecified atom stereocenters. The highest BCUT2D eigenvalue weighted by atomic mass is 79.9. The van der Waals surface area contributed by atoms with Crippen LogP contribution in [0.25, 0.3) is 11.4 Å². The minimum Gasteiger partial charge on any atom is -0.258 e. The number of hydrogen-bond acceptors (Lipinski definition) is 3. The number of benzene rings is 1. The number of aromatic amines is 1. The van der Waals surface area contributed by atoms with Gasteiger partial charge in [0.2, 0.25) is 5.16 Å². The van der Waals surface area contributed by atoms with Gasteiger partial charge >= 0.3 is 0 Å². The number of rotatable bonds is 4. The summed E-state index contributed by atoms with van der Waals surface area (Å²) in [5.41, 5.74) is 1.04. The standard InChI is InChI=1S/C11H12BrN3S/c1-2-7-16-11-13-10(14-15-11)8-5-3-4-6-9(8)12/h3-6H,2,7H2,1H3,(H,13,14,15). The number of hydrogen-bond donors (Lipinski definition) is 1. The first-order valence-corrected chi connectivity index (χ1v) is 6.89. The quantitative estimate of drug-likeness (QED) is 0.874. The summed E-state index contributed by atoms with van der Waals surface area (Å²) in [6.07, 6.45) is 1.13. The van der Waals surface area contributed by atoms with Crippen LogP contribution >= 0.6 is 27.7 Å². The predicted molar refractivity (Wildman–Crippen MR) is 70.5 cm³/mol. The Morgan fingerprint density at radius 3 is 2.94 bits per heavy atom. The Bertz CT molecular complexity index is 470. The molecule has 0 radical (unpaired) electrons. The number of thioether (sulfide) groups is 1. The van der Waals surface area contributed by atoms with Crippen molar-refractivity contribution in [3.63, 3.8) is 0 Å². The smallest absolute Gasteiger partial charge is 0.208 e. The second kappa shape index (κ2) is 5.50. The molecule has 0 fully saturated rings. The van der Waals surface area contributed by atoms with Crippen molar-refractivity contribution in [1.82, 2.24) is 15.2 Å². The molecule has 1 heterocycles. The van der Waals surface area contributed by atoms with E-state index in [0.717, 1.165) is 33.2 Å². The van der Waals surface area contributed by atoms with Crippen molar-refractivity contribution < 1.29 is 0 Å². The third-order valence-corrected chi connectivity index (χ3v) is 3.77. The summed E-state index contributed by atoms with van der Waals surface area (Å²) in [5.74, 6) is 1.86. The van der Waals surface area contributed by atoms with Crippen LogP contribution in [0.4, 0.5) is 0 Å². The van der Waals surface area contributed by atoms with Gasteiger partial charge in [0.1, 0.15) is 0 Å². The lowest BCUT2D eigenvalue weighted by atomic mass is 10.2. The van der Waals surface area contributed by atoms with E-state index >= 15 is 0 Å². The normalized spacial score (nSPS) is 10.6. The lowest BCUT2D eigenvalue weighted by Crippen LogP contribution is -1.82. The average molecular weight is 298 g/mol. The first-order valence-electron chi connectivity index (χ1n) is 5.11. The lowest BCUT2D eigenvalue weighted by molar-refractivity contribution is 0.968. The fourth-order valence-electron chi connectivity index (χ4n) is 1.28. The van der Waals surface area contributed by atoms with Gasteiger partial charge in [0.05, 0.1) is 0 Å². The van der Waals surface area contributed by atoms with Gasteiger partial charge in [-0.3, -0.25) is 5.10 Å². The van der Waals surface area contributed by atoms with Crippen molar-refractivity contribution >= 4 is 27.7 Å². The Hall–Kier alpha value is -0.810. The van der Waals surface area contributed by atoms with Crippen LogP contribution in [0.15, 0.2) is 33.9 Å². The number of nitrogens with zero attached hydrogens (tertiary/aromatic N) is 2. The molecule has 0 atom stereocenters. The first-order chi connectivity index (χ1) is 7.81. The van der Waals surface area contributed by atoms with Crippen molar-refractivity contribution in [2.45, 2.75) is 18.5 Å². The van der Waals surface area contributed by atoms with Gasteiger partial charge in [-0.25, -0.2) is 4.98 Å². The summed E-state index contributed by atoms with van der Waals surface area (Å²) < 4.78 is 1.03. The number of nitrogens with one attached hydrogen (secondary N) is 1. The van der Waals surface area contributed by atoms with Crippen molar-refractivity contribution in [1.29, 1.82) is 0 Å². The molecule has 84 valence electrons. The van der Waals surface area contributed by atoms with Gasteiger partial charge in [-0.1, -0.05) is 52.8 Å². The number of aromatic nitrogens is 3. The topological polar surface area (TPSA) is 41.6 Å². The first kappa shape index (κ1) is 11.7. The summed E-state index contributed by atoms with van der Waals surface area (Å²) in [4.78, 5) is 4.45. The summed E-state index contributed by atoms with van der Waals surface area (Å²) in [6.45, 7) is 2.15. The molecule has 1 N–H and O–H groups in total. The summed E-state index contributed by atoms with van der Waals surface area (Å²) >= 11 is 5.17. The molecule has 3 nitrogen and oxygen atoms in total. The maximum atomic E-state index is 4.45. The molecule has 1 aromatic carbocycles. The van der Waals surface area contributed by atoms with E-state index in [1.165, 1.54) is 0 Å². The zero-order valence-electron chi connectivity index (χ0n) is 8.90. The Balaban J connectivity index is 2.22. The van der Waals surface area contributed by atoms with Gasteiger partial charge in [-0.15, -0.1) is 5.10 Å². The van der Waals surface area contributed by atoms with Crippen molar-refractivity contribution in [3.8, 4) is 11.4 Å². The van der Waals surface area contributed by atoms with Crippen LogP contribution in [0.5, 0.6) is 0 Å². The zero-order chi connectivity index (χ0) is 11.4. The van der Waals surface area contributed by atoms with Crippen LogP contribution in [-0.2, 0) is 0 Å². The summed E-state index contributed by atoms with van der Waals surface area (Å²) in [6, 6.07) is 7.98. The molecule has 2 rings (SSSR count). The van der Waals surface area contributed by atoms with E-state index < -0.39 is 0 Å². The molecule has 0 amide bonds. The molecule has 0 aliphatic heterocycles. The van der Waals surface area contributed by atoms with Gasteiger partial charge in [0.25, 0.3) is 0 Å². The molecule has 1 aromatic heterocycles. The minimum atomic E-state index is 0.811. The molecule has 0 bridgehead atoms. The fraction of sp³-hybridized carbons (Fsp3) is 0.273. The average Bonchev–Trinajstić information content (AvgIpc) is 2.75. The monoisotopic (exact) mass is 297 g/mol. The maximum absolute atomic E-state index is 4.45. The lowest BCUT2D eigenvalue weighted by Gasteiger charge is -1.98. The minimum absolute atomic E-state index is 0.811. The molecule has 0 saturated carbocycles. The second-order valence-corrected chi connectivity index (χ2v) is 5.21. The Morgan fingerprint density at radius 1 is 1.38 bits per heavy atom. The SMILES string of the molecule is CCCSc1n[nH]c(-c2ccccc2Br)n1. The second-order valence-electron chi connectivity index (χ2n) is 3.29. The van der Waals surface area contributed by atoms with E-state index in [2.05, 4.69) is 38.0 Å². The Labute approximate surface area is 107 Å². The van der Waals surface area contributed by atoms with Gasteiger partial charge in [-0.2, -0.15) is 0 Å². The molecule has 0 aliphatic carbocycles. The molecule has 16 heavy (non-hydrogen) atoms. The van der Waals surface area contributed by atoms with Crippen LogP contribution in [0.2, 0.25) is 0 Å². The maximum Gasteiger partial charge on any atom is 0.208 e. The Kier molecular flexibility index (Phi) is 4.01. The Morgan fingerprint density at radius 2 is 2.19 bits per heavy atom. The van der Waals surface area contributed by atoms with Gasteiger partial charge in [-0.05, 0) is 12.5 Å². The highest BCUT2D eigenvalue weighted by Gasteiger charge is 2.08. The largest absolute Gasteiger partial charge is 0.258 e. The van der Waals surface area contributed by atoms with Crippen molar-refractivity contribution in [2.75, 3.05) is 5.75 Å². The van der Waals surface area contributed by atoms with Gasteiger partial charge < -0.3 is 0 Å². The van der Waals surface area contributed by atoms with E-state index in [1.807, 2.05) is 24.3 Å². The third kappa shape index (κ3) is 2.65. The van der Waals surface area contributed by atoms with Crippen LogP contribution < -0.4 is 0 Å². The van der Waals surface area contributed by atoms with E-state index in [0.29, 0.717) is 0 Å². The summed E-state index contributed by atoms with van der Waals surface area (Å²) in [5, 5.41) is 7.95. The van der Waals surface area contributed by atoms with Crippen LogP contribution in [0.1, 0.15) is 13.3 Å². The van der Waals surface area contributed by atoms with Crippen LogP contribution in [-0.4, -0.2) is 20.9 Å². The van der Waals surface area contributed by atoms with E-state index in [9.17, 15) is 0 Å². The molecular formula is C11H12BrN3S. The summed E-state index contributed by atoms with van der Waals surface area (Å²) in [7, 11) is 0. The van der Waals surface area contributed by atoms with E-state index in [4.69, 9.17) is 0 Å². The van der Waals surface area contributed by atoms with Gasteiger partial charge in [0, 0.05) is 15.8 Å². The highest BCUT2D eigenvalue weighted by molar-refractivity contribution is 9.10. The molecule has 0 saturated heterocycles. The molecular weight excluding hydrogens is 286 g/mol. The number of H-pyrrole nitrogens is 1. The molecule has 0 spiro atoms. The number of halogens is 1. The zero-order valence-corrected chi connectivity index (χ0v) is 11.3. The molecule has 0 aliphatic rings. The third-order valence-electron chi connectivity index (χ3n) is 2.03. The van der Waals surface area contributed by atoms with Gasteiger partial charge in [0.15, 0.2) is 5.82 Å². The highest BCUT2D eigenvalue weighted by Crippen LogP contribution is 2.26. The van der Waals surface area contributed by atoms with E-state index in [1.54, 1.807) is 11.8 Å². The fourth-order valence-corrected chi connectivity index (χ4v) is 2.40. The molecule has 2 aromatic rings. The predicted octanol–water partition coefficient (Wildman–Crippen LogP) is 3.74. The molecule has 5 heteroatoms. The van der Waals surface area contributed by atoms with Crippen LogP contribution in [0.3, 0.4) is 0 Å². The van der Waals surface area contributed by atoms with Crippen LogP contribution in [0, 0.1) is 0 Å². The van der Waals surface area contributed by atoms with Crippen molar-refractivity contribution in [2.24, 2.45) is 0 Å². The van der Waals surface area contributed by atoms with E-state index in [-0.39, 0.29) is 0 Å². The van der Waals surface area contributed by atoms with Crippen molar-refractivity contribution in [3.05, 3.63) is 28.7 Å².